The average Bonchev–Trinajstić information content (AvgIpc) is 3.07. The predicted octanol–water partition coefficient (Wildman–Crippen LogP) is 0.932. The summed E-state index contributed by atoms with van der Waals surface area (Å²) >= 11 is 0. The minimum absolute atomic E-state index is 0.0602. The predicted molar refractivity (Wildman–Crippen MR) is 110 cm³/mol. The highest BCUT2D eigenvalue weighted by Gasteiger charge is 2.54. The molecule has 1 aromatic carbocycles. The summed E-state index contributed by atoms with van der Waals surface area (Å²) in [5.41, 5.74) is 5.36. The molecular formula is C22H31N3O5. The fraction of sp³-hybridized carbons (Fsp3) is 0.591. The molecule has 4 unspecified atom stereocenters. The molecule has 1 saturated carbocycles. The molecule has 2 fully saturated rings. The molecule has 1 aliphatic heterocycles. The van der Waals surface area contributed by atoms with Crippen molar-refractivity contribution in [3.05, 3.63) is 35.9 Å². The van der Waals surface area contributed by atoms with Crippen LogP contribution in [0.3, 0.4) is 0 Å². The molecule has 4 atom stereocenters. The highest BCUT2D eigenvalue weighted by molar-refractivity contribution is 6.08. The van der Waals surface area contributed by atoms with Gasteiger partial charge in [-0.15, -0.1) is 0 Å². The molecule has 1 aromatic rings. The van der Waals surface area contributed by atoms with Crippen molar-refractivity contribution in [1.82, 2.24) is 9.80 Å². The third-order valence-electron chi connectivity index (χ3n) is 6.39. The maximum absolute atomic E-state index is 13.2. The van der Waals surface area contributed by atoms with Crippen molar-refractivity contribution in [1.29, 1.82) is 0 Å². The maximum atomic E-state index is 13.2. The molecule has 164 valence electrons. The second kappa shape index (κ2) is 9.14. The van der Waals surface area contributed by atoms with E-state index in [-0.39, 0.29) is 31.1 Å². The van der Waals surface area contributed by atoms with Gasteiger partial charge in [0.05, 0.1) is 13.0 Å². The van der Waals surface area contributed by atoms with Crippen LogP contribution in [0.25, 0.3) is 0 Å². The standard InChI is InChI=1S/C22H31N3O5/c1-24(2)16-9-10-18(17(13-16)19(26)29-3)25-12-11-22(23,20(25)27)21(28)30-14-15-7-5-4-6-8-15/h4-8,16-18H,9-14,23H2,1-3H3. The number of hydrogen-bond acceptors (Lipinski definition) is 7. The van der Waals surface area contributed by atoms with E-state index in [2.05, 4.69) is 4.90 Å². The number of ether oxygens (including phenoxy) is 2. The number of nitrogens with two attached hydrogens (primary N) is 1. The zero-order valence-electron chi connectivity index (χ0n) is 17.9. The summed E-state index contributed by atoms with van der Waals surface area (Å²) in [4.78, 5) is 42.0. The molecule has 2 N–H and O–H groups in total. The molecule has 1 aliphatic carbocycles. The van der Waals surface area contributed by atoms with E-state index >= 15 is 0 Å². The van der Waals surface area contributed by atoms with Gasteiger partial charge in [0.1, 0.15) is 6.61 Å². The number of amides is 1. The molecule has 8 nitrogen and oxygen atoms in total. The quantitative estimate of drug-likeness (QED) is 0.543. The van der Waals surface area contributed by atoms with E-state index in [0.717, 1.165) is 12.0 Å². The summed E-state index contributed by atoms with van der Waals surface area (Å²) in [6.45, 7) is 0.380. The number of carbonyl (C=O) groups is 3. The van der Waals surface area contributed by atoms with E-state index in [4.69, 9.17) is 15.2 Å². The smallest absolute Gasteiger partial charge is 0.336 e. The van der Waals surface area contributed by atoms with Gasteiger partial charge >= 0.3 is 11.9 Å². The van der Waals surface area contributed by atoms with Crippen LogP contribution in [0, 0.1) is 5.92 Å². The van der Waals surface area contributed by atoms with Crippen molar-refractivity contribution in [2.75, 3.05) is 27.7 Å². The van der Waals surface area contributed by atoms with Crippen LogP contribution in [0.5, 0.6) is 0 Å². The topological polar surface area (TPSA) is 102 Å². The molecule has 1 amide bonds. The summed E-state index contributed by atoms with van der Waals surface area (Å²) in [7, 11) is 5.32. The zero-order valence-corrected chi connectivity index (χ0v) is 17.9. The van der Waals surface area contributed by atoms with Crippen molar-refractivity contribution in [3.63, 3.8) is 0 Å². The van der Waals surface area contributed by atoms with Crippen LogP contribution in [0.4, 0.5) is 0 Å². The van der Waals surface area contributed by atoms with Crippen LogP contribution in [0.2, 0.25) is 0 Å². The lowest BCUT2D eigenvalue weighted by Gasteiger charge is -2.41. The Morgan fingerprint density at radius 1 is 1.23 bits per heavy atom. The molecule has 0 bridgehead atoms. The Labute approximate surface area is 177 Å². The Morgan fingerprint density at radius 2 is 1.93 bits per heavy atom. The molecular weight excluding hydrogens is 386 g/mol. The van der Waals surface area contributed by atoms with E-state index in [1.807, 2.05) is 44.4 Å². The largest absolute Gasteiger partial charge is 0.469 e. The number of likely N-dealkylation sites (tertiary alicyclic amines) is 1. The van der Waals surface area contributed by atoms with Gasteiger partial charge in [-0.1, -0.05) is 30.3 Å². The third-order valence-corrected chi connectivity index (χ3v) is 6.39. The highest BCUT2D eigenvalue weighted by atomic mass is 16.5. The first-order valence-electron chi connectivity index (χ1n) is 10.3. The molecule has 1 saturated heterocycles. The number of nitrogens with zero attached hydrogens (tertiary/aromatic N) is 2. The lowest BCUT2D eigenvalue weighted by molar-refractivity contribution is -0.158. The Bertz CT molecular complexity index is 784. The molecule has 1 heterocycles. The summed E-state index contributed by atoms with van der Waals surface area (Å²) in [5.74, 6) is -1.97. The van der Waals surface area contributed by atoms with Crippen molar-refractivity contribution >= 4 is 17.8 Å². The van der Waals surface area contributed by atoms with Gasteiger partial charge in [0.2, 0.25) is 0 Å². The molecule has 0 aromatic heterocycles. The van der Waals surface area contributed by atoms with Crippen LogP contribution < -0.4 is 5.73 Å². The van der Waals surface area contributed by atoms with E-state index in [0.29, 0.717) is 19.4 Å². The van der Waals surface area contributed by atoms with Gasteiger partial charge in [0, 0.05) is 25.0 Å². The monoisotopic (exact) mass is 417 g/mol. The van der Waals surface area contributed by atoms with Crippen LogP contribution in [0.1, 0.15) is 31.2 Å². The van der Waals surface area contributed by atoms with Gasteiger partial charge < -0.3 is 25.0 Å². The maximum Gasteiger partial charge on any atom is 0.336 e. The summed E-state index contributed by atoms with van der Waals surface area (Å²) in [6.07, 6.45) is 2.28. The molecule has 8 heteroatoms. The van der Waals surface area contributed by atoms with Crippen molar-refractivity contribution in [2.45, 2.75) is 49.9 Å². The Morgan fingerprint density at radius 3 is 2.57 bits per heavy atom. The van der Waals surface area contributed by atoms with Gasteiger partial charge in [-0.3, -0.25) is 9.59 Å². The minimum Gasteiger partial charge on any atom is -0.469 e. The van der Waals surface area contributed by atoms with Crippen molar-refractivity contribution in [2.24, 2.45) is 11.7 Å². The summed E-state index contributed by atoms with van der Waals surface area (Å²) in [6, 6.07) is 9.15. The fourth-order valence-corrected chi connectivity index (χ4v) is 4.50. The summed E-state index contributed by atoms with van der Waals surface area (Å²) < 4.78 is 10.4. The van der Waals surface area contributed by atoms with Gasteiger partial charge in [0.15, 0.2) is 5.54 Å². The van der Waals surface area contributed by atoms with E-state index in [9.17, 15) is 14.4 Å². The first-order valence-corrected chi connectivity index (χ1v) is 10.3. The lowest BCUT2D eigenvalue weighted by atomic mass is 9.80. The Kier molecular flexibility index (Phi) is 6.77. The second-order valence-electron chi connectivity index (χ2n) is 8.41. The van der Waals surface area contributed by atoms with E-state index in [1.165, 1.54) is 7.11 Å². The average molecular weight is 418 g/mol. The molecule has 30 heavy (non-hydrogen) atoms. The van der Waals surface area contributed by atoms with Gasteiger partial charge in [-0.05, 0) is 38.9 Å². The molecule has 0 spiro atoms. The first-order chi connectivity index (χ1) is 14.3. The minimum atomic E-state index is -1.71. The Balaban J connectivity index is 1.70. The molecule has 3 rings (SSSR count). The normalized spacial score (nSPS) is 29.2. The SMILES string of the molecule is COC(=O)C1CC(N(C)C)CCC1N1CCC(N)(C(=O)OCc2ccccc2)C1=O. The van der Waals surface area contributed by atoms with Gasteiger partial charge in [-0.2, -0.15) is 0 Å². The van der Waals surface area contributed by atoms with Gasteiger partial charge in [-0.25, -0.2) is 4.79 Å². The number of methoxy groups -OCH3 is 1. The third kappa shape index (κ3) is 4.34. The Hall–Kier alpha value is -2.45. The van der Waals surface area contributed by atoms with Crippen molar-refractivity contribution < 1.29 is 23.9 Å². The first kappa shape index (κ1) is 22.2. The highest BCUT2D eigenvalue weighted by Crippen LogP contribution is 2.36. The number of benzene rings is 1. The summed E-state index contributed by atoms with van der Waals surface area (Å²) in [5, 5.41) is 0. The zero-order chi connectivity index (χ0) is 21.9. The number of rotatable bonds is 6. The number of esters is 2. The van der Waals surface area contributed by atoms with Crippen LogP contribution in [-0.2, 0) is 30.5 Å². The van der Waals surface area contributed by atoms with Crippen LogP contribution in [-0.4, -0.2) is 73.0 Å². The van der Waals surface area contributed by atoms with E-state index in [1.54, 1.807) is 4.90 Å². The fourth-order valence-electron chi connectivity index (χ4n) is 4.50. The van der Waals surface area contributed by atoms with Crippen LogP contribution in [0.15, 0.2) is 30.3 Å². The molecule has 2 aliphatic rings. The van der Waals surface area contributed by atoms with Crippen LogP contribution >= 0.6 is 0 Å². The number of carbonyl (C=O) groups excluding carboxylic acids is 3. The number of hydrogen-bond donors (Lipinski definition) is 1. The molecule has 0 radical (unpaired) electrons. The van der Waals surface area contributed by atoms with E-state index < -0.39 is 23.3 Å². The second-order valence-corrected chi connectivity index (χ2v) is 8.41. The van der Waals surface area contributed by atoms with Crippen molar-refractivity contribution in [3.8, 4) is 0 Å². The van der Waals surface area contributed by atoms with Gasteiger partial charge in [0.25, 0.3) is 5.91 Å². The lowest BCUT2D eigenvalue weighted by Crippen LogP contribution is -2.58.